The summed E-state index contributed by atoms with van der Waals surface area (Å²) in [6.45, 7) is 7.85. The Balaban J connectivity index is 1.54. The van der Waals surface area contributed by atoms with Gasteiger partial charge in [-0.1, -0.05) is 39.0 Å². The molecule has 1 fully saturated rings. The second-order valence-corrected chi connectivity index (χ2v) is 8.56. The Labute approximate surface area is 182 Å². The lowest BCUT2D eigenvalue weighted by molar-refractivity contribution is -0.384. The zero-order valence-electron chi connectivity index (χ0n) is 18.1. The lowest BCUT2D eigenvalue weighted by Crippen LogP contribution is -2.24. The number of anilines is 1. The van der Waals surface area contributed by atoms with Gasteiger partial charge in [0.2, 0.25) is 0 Å². The molecule has 0 unspecified atom stereocenters. The highest BCUT2D eigenvalue weighted by molar-refractivity contribution is 5.85. The van der Waals surface area contributed by atoms with Gasteiger partial charge in [0, 0.05) is 24.7 Å². The van der Waals surface area contributed by atoms with Crippen molar-refractivity contribution in [2.24, 2.45) is 5.10 Å². The minimum atomic E-state index is -0.417. The highest BCUT2D eigenvalue weighted by Crippen LogP contribution is 2.31. The van der Waals surface area contributed by atoms with Crippen LogP contribution in [0.4, 0.5) is 11.4 Å². The summed E-state index contributed by atoms with van der Waals surface area (Å²) in [7, 11) is 0. The first kappa shape index (κ1) is 22.3. The number of hydrazone groups is 1. The van der Waals surface area contributed by atoms with Crippen molar-refractivity contribution >= 4 is 23.5 Å². The predicted octanol–water partition coefficient (Wildman–Crippen LogP) is 4.02. The number of benzene rings is 2. The fourth-order valence-electron chi connectivity index (χ4n) is 3.40. The lowest BCUT2D eigenvalue weighted by atomic mass is 9.87. The Morgan fingerprint density at radius 3 is 2.48 bits per heavy atom. The Morgan fingerprint density at radius 1 is 1.19 bits per heavy atom. The van der Waals surface area contributed by atoms with Gasteiger partial charge >= 0.3 is 0 Å². The number of rotatable bonds is 7. The van der Waals surface area contributed by atoms with Gasteiger partial charge in [-0.2, -0.15) is 5.10 Å². The molecule has 0 atom stereocenters. The van der Waals surface area contributed by atoms with Crippen LogP contribution >= 0.6 is 0 Å². The molecule has 2 aromatic carbocycles. The molecule has 164 valence electrons. The zero-order chi connectivity index (χ0) is 22.4. The molecule has 31 heavy (non-hydrogen) atoms. The van der Waals surface area contributed by atoms with E-state index >= 15 is 0 Å². The summed E-state index contributed by atoms with van der Waals surface area (Å²) in [5.41, 5.74) is 4.80. The topological polar surface area (TPSA) is 97.1 Å². The van der Waals surface area contributed by atoms with Crippen molar-refractivity contribution < 1.29 is 14.5 Å². The van der Waals surface area contributed by atoms with Gasteiger partial charge < -0.3 is 9.64 Å². The van der Waals surface area contributed by atoms with Crippen molar-refractivity contribution in [3.8, 4) is 5.75 Å². The molecule has 1 aliphatic rings. The summed E-state index contributed by atoms with van der Waals surface area (Å²) < 4.78 is 5.48. The van der Waals surface area contributed by atoms with Crippen molar-refractivity contribution in [1.29, 1.82) is 0 Å². The highest BCUT2D eigenvalue weighted by Gasteiger charge is 2.22. The van der Waals surface area contributed by atoms with Crippen LogP contribution in [0.5, 0.6) is 5.75 Å². The molecule has 0 radical (unpaired) electrons. The van der Waals surface area contributed by atoms with Gasteiger partial charge in [0.05, 0.1) is 11.1 Å². The molecule has 0 saturated carbocycles. The molecule has 0 bridgehead atoms. The molecule has 1 N–H and O–H groups in total. The minimum absolute atomic E-state index is 0.0409. The molecule has 3 rings (SSSR count). The lowest BCUT2D eigenvalue weighted by Gasteiger charge is -2.19. The van der Waals surface area contributed by atoms with Gasteiger partial charge in [0.25, 0.3) is 11.6 Å². The van der Waals surface area contributed by atoms with Crippen molar-refractivity contribution in [2.45, 2.75) is 39.0 Å². The minimum Gasteiger partial charge on any atom is -0.484 e. The first-order chi connectivity index (χ1) is 14.7. The van der Waals surface area contributed by atoms with Gasteiger partial charge in [-0.05, 0) is 42.0 Å². The van der Waals surface area contributed by atoms with E-state index in [-0.39, 0.29) is 22.6 Å². The second-order valence-electron chi connectivity index (χ2n) is 8.56. The number of amides is 1. The third-order valence-electron chi connectivity index (χ3n) is 5.14. The van der Waals surface area contributed by atoms with Crippen LogP contribution in [0.1, 0.15) is 44.7 Å². The summed E-state index contributed by atoms with van der Waals surface area (Å²) in [5, 5.41) is 15.3. The molecule has 1 aliphatic heterocycles. The molecular formula is C23H28N4O4. The van der Waals surface area contributed by atoms with Crippen LogP contribution in [0.15, 0.2) is 47.6 Å². The summed E-state index contributed by atoms with van der Waals surface area (Å²) in [5.74, 6) is 0.180. The summed E-state index contributed by atoms with van der Waals surface area (Å²) >= 11 is 0. The number of carbonyl (C=O) groups is 1. The number of hydrogen-bond donors (Lipinski definition) is 1. The van der Waals surface area contributed by atoms with E-state index in [2.05, 4.69) is 31.3 Å². The monoisotopic (exact) mass is 424 g/mol. The fourth-order valence-corrected chi connectivity index (χ4v) is 3.40. The van der Waals surface area contributed by atoms with Gasteiger partial charge in [-0.15, -0.1) is 0 Å². The standard InChI is InChI=1S/C23H28N4O4/c1-23(2,3)18-7-9-19(10-8-18)31-16-22(28)25-24-15-17-6-11-20(21(14-17)27(29)30)26-12-4-5-13-26/h6-11,14-15H,4-5,12-13,16H2,1-3H3,(H,25,28). The van der Waals surface area contributed by atoms with Crippen molar-refractivity contribution in [2.75, 3.05) is 24.6 Å². The summed E-state index contributed by atoms with van der Waals surface area (Å²) in [6.07, 6.45) is 3.46. The van der Waals surface area contributed by atoms with Crippen molar-refractivity contribution in [3.63, 3.8) is 0 Å². The Morgan fingerprint density at radius 2 is 1.87 bits per heavy atom. The number of carbonyl (C=O) groups excluding carboxylic acids is 1. The molecule has 1 heterocycles. The van der Waals surface area contributed by atoms with Gasteiger partial charge in [-0.3, -0.25) is 14.9 Å². The molecular weight excluding hydrogens is 396 g/mol. The maximum absolute atomic E-state index is 12.0. The van der Waals surface area contributed by atoms with E-state index in [0.717, 1.165) is 25.9 Å². The van der Waals surface area contributed by atoms with E-state index in [0.29, 0.717) is 17.0 Å². The molecule has 8 nitrogen and oxygen atoms in total. The SMILES string of the molecule is CC(C)(C)c1ccc(OCC(=O)NN=Cc2ccc(N3CCCC3)c([N+](=O)[O-])c2)cc1. The number of nitrogens with zero attached hydrogens (tertiary/aromatic N) is 3. The van der Waals surface area contributed by atoms with E-state index in [4.69, 9.17) is 4.74 Å². The van der Waals surface area contributed by atoms with E-state index in [9.17, 15) is 14.9 Å². The molecule has 0 aliphatic carbocycles. The van der Waals surface area contributed by atoms with Crippen LogP contribution in [0.2, 0.25) is 0 Å². The average molecular weight is 425 g/mol. The van der Waals surface area contributed by atoms with Gasteiger partial charge in [-0.25, -0.2) is 5.43 Å². The normalized spacial score (nSPS) is 14.1. The molecule has 1 amide bonds. The highest BCUT2D eigenvalue weighted by atomic mass is 16.6. The molecule has 0 spiro atoms. The van der Waals surface area contributed by atoms with E-state index in [1.807, 2.05) is 29.2 Å². The predicted molar refractivity (Wildman–Crippen MR) is 121 cm³/mol. The van der Waals surface area contributed by atoms with Crippen LogP contribution in [0, 0.1) is 10.1 Å². The van der Waals surface area contributed by atoms with Gasteiger partial charge in [0.1, 0.15) is 11.4 Å². The third kappa shape index (κ3) is 6.04. The number of nitro groups is 1. The summed E-state index contributed by atoms with van der Waals surface area (Å²) in [6, 6.07) is 12.6. The number of ether oxygens (including phenoxy) is 1. The average Bonchev–Trinajstić information content (AvgIpc) is 3.26. The van der Waals surface area contributed by atoms with E-state index in [1.54, 1.807) is 12.1 Å². The Hall–Kier alpha value is -3.42. The maximum Gasteiger partial charge on any atom is 0.293 e. The van der Waals surface area contributed by atoms with Crippen LogP contribution in [0.25, 0.3) is 0 Å². The van der Waals surface area contributed by atoms with Crippen molar-refractivity contribution in [1.82, 2.24) is 5.43 Å². The Bertz CT molecular complexity index is 959. The second kappa shape index (κ2) is 9.59. The molecule has 0 aromatic heterocycles. The maximum atomic E-state index is 12.0. The summed E-state index contributed by atoms with van der Waals surface area (Å²) in [4.78, 5) is 25.1. The Kier molecular flexibility index (Phi) is 6.89. The first-order valence-electron chi connectivity index (χ1n) is 10.3. The number of nitrogens with one attached hydrogen (secondary N) is 1. The van der Waals surface area contributed by atoms with Gasteiger partial charge in [0.15, 0.2) is 6.61 Å². The number of nitro benzene ring substituents is 1. The third-order valence-corrected chi connectivity index (χ3v) is 5.14. The van der Waals surface area contributed by atoms with E-state index in [1.165, 1.54) is 17.8 Å². The fraction of sp³-hybridized carbons (Fsp3) is 0.391. The van der Waals surface area contributed by atoms with E-state index < -0.39 is 5.91 Å². The van der Waals surface area contributed by atoms with Crippen LogP contribution < -0.4 is 15.1 Å². The quantitative estimate of drug-likeness (QED) is 0.411. The van der Waals surface area contributed by atoms with Crippen LogP contribution in [-0.2, 0) is 10.2 Å². The van der Waals surface area contributed by atoms with Crippen molar-refractivity contribution in [3.05, 3.63) is 63.7 Å². The largest absolute Gasteiger partial charge is 0.484 e. The van der Waals surface area contributed by atoms with Crippen LogP contribution in [-0.4, -0.2) is 36.7 Å². The first-order valence-corrected chi connectivity index (χ1v) is 10.3. The molecule has 2 aromatic rings. The van der Waals surface area contributed by atoms with Crippen LogP contribution in [0.3, 0.4) is 0 Å². The smallest absolute Gasteiger partial charge is 0.293 e. The molecule has 1 saturated heterocycles. The molecule has 8 heteroatoms. The zero-order valence-corrected chi connectivity index (χ0v) is 18.1. The number of hydrogen-bond acceptors (Lipinski definition) is 6.